The molecule has 0 spiro atoms. The van der Waals surface area contributed by atoms with Crippen molar-refractivity contribution in [2.24, 2.45) is 0 Å². The minimum atomic E-state index is 0.592. The summed E-state index contributed by atoms with van der Waals surface area (Å²) in [6.07, 6.45) is 2.35. The van der Waals surface area contributed by atoms with Crippen LogP contribution in [0.3, 0.4) is 0 Å². The van der Waals surface area contributed by atoms with Crippen LogP contribution in [0, 0.1) is 0 Å². The molecule has 0 radical (unpaired) electrons. The summed E-state index contributed by atoms with van der Waals surface area (Å²) in [6, 6.07) is 0.592. The maximum absolute atomic E-state index is 5.50. The van der Waals surface area contributed by atoms with Gasteiger partial charge in [0, 0.05) is 24.9 Å². The Morgan fingerprint density at radius 2 is 1.94 bits per heavy atom. The van der Waals surface area contributed by atoms with E-state index in [4.69, 9.17) is 4.74 Å². The normalized spacial score (nSPS) is 11.2. The highest BCUT2D eigenvalue weighted by molar-refractivity contribution is 8.76. The maximum Gasteiger partial charge on any atom is 0.102 e. The number of nitrogens with one attached hydrogen (secondary N) is 2. The maximum atomic E-state index is 5.50. The van der Waals surface area contributed by atoms with Gasteiger partial charge in [0.05, 0.1) is 0 Å². The van der Waals surface area contributed by atoms with Gasteiger partial charge in [0.2, 0.25) is 0 Å². The van der Waals surface area contributed by atoms with E-state index in [1.54, 1.807) is 0 Å². The molecular weight excluding hydrogens is 240 g/mol. The van der Waals surface area contributed by atoms with Gasteiger partial charge in [-0.3, -0.25) is 0 Å². The highest BCUT2D eigenvalue weighted by Crippen LogP contribution is 2.20. The summed E-state index contributed by atoms with van der Waals surface area (Å²) >= 11 is 0. The van der Waals surface area contributed by atoms with E-state index in [0.29, 0.717) is 6.04 Å². The first-order valence-corrected chi connectivity index (χ1v) is 8.46. The smallest absolute Gasteiger partial charge is 0.102 e. The molecule has 0 unspecified atom stereocenters. The van der Waals surface area contributed by atoms with Gasteiger partial charge in [0.1, 0.15) is 5.94 Å². The third-order valence-corrected chi connectivity index (χ3v) is 4.01. The molecule has 0 aromatic rings. The van der Waals surface area contributed by atoms with Crippen molar-refractivity contribution in [1.29, 1.82) is 0 Å². The lowest BCUT2D eigenvalue weighted by Crippen LogP contribution is -2.24. The first-order chi connectivity index (χ1) is 7.77. The van der Waals surface area contributed by atoms with Crippen LogP contribution in [-0.4, -0.2) is 44.5 Å². The molecule has 0 aromatic heterocycles. The Morgan fingerprint density at radius 3 is 2.62 bits per heavy atom. The number of hydrogen-bond donors (Lipinski definition) is 2. The van der Waals surface area contributed by atoms with Crippen molar-refractivity contribution in [3.8, 4) is 0 Å². The molecule has 5 heteroatoms. The van der Waals surface area contributed by atoms with Gasteiger partial charge in [-0.2, -0.15) is 0 Å². The first-order valence-electron chi connectivity index (χ1n) is 5.97. The van der Waals surface area contributed by atoms with Crippen LogP contribution in [0.15, 0.2) is 0 Å². The van der Waals surface area contributed by atoms with Crippen LogP contribution in [0.4, 0.5) is 0 Å². The Hall–Kier alpha value is 0.580. The predicted molar refractivity (Wildman–Crippen MR) is 77.2 cm³/mol. The average Bonchev–Trinajstić information content (AvgIpc) is 2.25. The zero-order chi connectivity index (χ0) is 12.1. The van der Waals surface area contributed by atoms with Gasteiger partial charge >= 0.3 is 0 Å². The quantitative estimate of drug-likeness (QED) is 0.322. The molecule has 0 saturated heterocycles. The number of unbranched alkanes of at least 4 members (excludes halogenated alkanes) is 1. The molecule has 16 heavy (non-hydrogen) atoms. The number of ether oxygens (including phenoxy) is 1. The molecule has 2 N–H and O–H groups in total. The molecule has 0 aliphatic heterocycles. The van der Waals surface area contributed by atoms with Crippen molar-refractivity contribution in [3.05, 3.63) is 0 Å². The van der Waals surface area contributed by atoms with Gasteiger partial charge in [0.25, 0.3) is 0 Å². The Balaban J connectivity index is 2.88. The zero-order valence-corrected chi connectivity index (χ0v) is 12.4. The summed E-state index contributed by atoms with van der Waals surface area (Å²) in [6.45, 7) is 7.40. The van der Waals surface area contributed by atoms with Crippen molar-refractivity contribution < 1.29 is 4.74 Å². The lowest BCUT2D eigenvalue weighted by molar-refractivity contribution is 0.178. The van der Waals surface area contributed by atoms with Gasteiger partial charge in [-0.25, -0.2) is 0 Å². The monoisotopic (exact) mass is 266 g/mol. The van der Waals surface area contributed by atoms with E-state index in [-0.39, 0.29) is 0 Å². The van der Waals surface area contributed by atoms with E-state index in [0.717, 1.165) is 37.8 Å². The van der Waals surface area contributed by atoms with Gasteiger partial charge in [-0.15, -0.1) is 0 Å². The summed E-state index contributed by atoms with van der Waals surface area (Å²) in [4.78, 5) is 0. The number of rotatable bonds is 12. The van der Waals surface area contributed by atoms with Crippen molar-refractivity contribution in [2.45, 2.75) is 32.7 Å². The van der Waals surface area contributed by atoms with E-state index in [1.165, 1.54) is 6.42 Å². The summed E-state index contributed by atoms with van der Waals surface area (Å²) in [7, 11) is 5.67. The Kier molecular flexibility index (Phi) is 14.1. The second kappa shape index (κ2) is 13.6. The van der Waals surface area contributed by atoms with Crippen LogP contribution in [-0.2, 0) is 4.74 Å². The van der Waals surface area contributed by atoms with Crippen LogP contribution in [0.5, 0.6) is 0 Å². The van der Waals surface area contributed by atoms with Crippen LogP contribution in [0.2, 0.25) is 0 Å². The van der Waals surface area contributed by atoms with Crippen LogP contribution < -0.4 is 10.6 Å². The minimum Gasteiger partial charge on any atom is -0.370 e. The third kappa shape index (κ3) is 14.6. The van der Waals surface area contributed by atoms with Crippen molar-refractivity contribution in [3.63, 3.8) is 0 Å². The summed E-state index contributed by atoms with van der Waals surface area (Å²) in [5, 5.41) is 6.52. The lowest BCUT2D eigenvalue weighted by atomic mass is 10.3. The molecule has 0 saturated carbocycles. The van der Waals surface area contributed by atoms with Crippen LogP contribution in [0.1, 0.15) is 26.7 Å². The molecule has 0 heterocycles. The SMILES string of the molecule is CNCCCCOCSSCCNC(C)C. The number of hydrogen-bond acceptors (Lipinski definition) is 5. The predicted octanol–water partition coefficient (Wildman–Crippen LogP) is 2.34. The highest BCUT2D eigenvalue weighted by Gasteiger charge is 1.94. The van der Waals surface area contributed by atoms with E-state index in [2.05, 4.69) is 24.5 Å². The van der Waals surface area contributed by atoms with E-state index >= 15 is 0 Å². The molecule has 0 bridgehead atoms. The highest BCUT2D eigenvalue weighted by atomic mass is 33.1. The van der Waals surface area contributed by atoms with E-state index < -0.39 is 0 Å². The zero-order valence-electron chi connectivity index (χ0n) is 10.8. The molecule has 0 atom stereocenters. The van der Waals surface area contributed by atoms with Crippen molar-refractivity contribution in [2.75, 3.05) is 38.4 Å². The average molecular weight is 266 g/mol. The van der Waals surface area contributed by atoms with Crippen molar-refractivity contribution >= 4 is 21.6 Å². The van der Waals surface area contributed by atoms with Gasteiger partial charge < -0.3 is 15.4 Å². The first kappa shape index (κ1) is 16.6. The van der Waals surface area contributed by atoms with Crippen molar-refractivity contribution in [1.82, 2.24) is 10.6 Å². The lowest BCUT2D eigenvalue weighted by Gasteiger charge is -2.07. The van der Waals surface area contributed by atoms with Crippen LogP contribution >= 0.6 is 21.6 Å². The Bertz CT molecular complexity index is 137. The fraction of sp³-hybridized carbons (Fsp3) is 1.00. The van der Waals surface area contributed by atoms with E-state index in [1.807, 2.05) is 28.6 Å². The Morgan fingerprint density at radius 1 is 1.12 bits per heavy atom. The standard InChI is InChI=1S/C11H26N2OS2/c1-11(2)13-7-9-15-16-10-14-8-5-4-6-12-3/h11-13H,4-10H2,1-3H3. The van der Waals surface area contributed by atoms with Gasteiger partial charge in [-0.1, -0.05) is 35.4 Å². The molecule has 0 fully saturated rings. The third-order valence-electron chi connectivity index (χ3n) is 1.92. The molecule has 98 valence electrons. The molecule has 0 aromatic carbocycles. The second-order valence-corrected chi connectivity index (χ2v) is 6.41. The second-order valence-electron chi connectivity index (χ2n) is 3.89. The van der Waals surface area contributed by atoms with E-state index in [9.17, 15) is 0 Å². The topological polar surface area (TPSA) is 33.3 Å². The minimum absolute atomic E-state index is 0.592. The fourth-order valence-corrected chi connectivity index (χ4v) is 2.67. The van der Waals surface area contributed by atoms with Gasteiger partial charge in [-0.05, 0) is 26.4 Å². The van der Waals surface area contributed by atoms with Crippen LogP contribution in [0.25, 0.3) is 0 Å². The molecule has 0 aliphatic rings. The summed E-state index contributed by atoms with van der Waals surface area (Å²) in [5.41, 5.74) is 0. The molecule has 0 amide bonds. The molecular formula is C11H26N2OS2. The summed E-state index contributed by atoms with van der Waals surface area (Å²) in [5.74, 6) is 1.96. The molecule has 0 rings (SSSR count). The largest absolute Gasteiger partial charge is 0.370 e. The fourth-order valence-electron chi connectivity index (χ4n) is 1.08. The molecule has 0 aliphatic carbocycles. The molecule has 3 nitrogen and oxygen atoms in total. The van der Waals surface area contributed by atoms with Gasteiger partial charge in [0.15, 0.2) is 0 Å². The summed E-state index contributed by atoms with van der Waals surface area (Å²) < 4.78 is 5.50. The Labute approximate surface area is 108 Å².